The minimum absolute atomic E-state index is 0.0211. The van der Waals surface area contributed by atoms with Gasteiger partial charge < -0.3 is 10.1 Å². The molecule has 158 valence electrons. The van der Waals surface area contributed by atoms with E-state index in [-0.39, 0.29) is 22.8 Å². The molecule has 1 N–H and O–H groups in total. The molecule has 1 aromatic carbocycles. The number of carbonyl (C=O) groups is 1. The second kappa shape index (κ2) is 10.8. The summed E-state index contributed by atoms with van der Waals surface area (Å²) in [4.78, 5) is 30.5. The Labute approximate surface area is 176 Å². The number of methoxy groups -OCH3 is 1. The summed E-state index contributed by atoms with van der Waals surface area (Å²) < 4.78 is 6.82. The van der Waals surface area contributed by atoms with E-state index < -0.39 is 0 Å². The number of benzene rings is 1. The molecule has 7 heteroatoms. The molecule has 0 spiro atoms. The average Bonchev–Trinajstić information content (AvgIpc) is 2.99. The predicted molar refractivity (Wildman–Crippen MR) is 117 cm³/mol. The molecule has 29 heavy (non-hydrogen) atoms. The highest BCUT2D eigenvalue weighted by atomic mass is 32.2. The number of nitrogens with one attached hydrogen (secondary N) is 1. The number of rotatable bonds is 8. The number of ether oxygens (including phenoxy) is 1. The SMILES string of the molecule is COCCCn1c(SC(C)C(=O)NC2CCCCCC2)nc2ccccc2c1=O. The molecular formula is C22H31N3O3S. The van der Waals surface area contributed by atoms with Crippen molar-refractivity contribution in [3.63, 3.8) is 0 Å². The van der Waals surface area contributed by atoms with Crippen molar-refractivity contribution in [1.82, 2.24) is 14.9 Å². The van der Waals surface area contributed by atoms with E-state index in [1.54, 1.807) is 17.7 Å². The van der Waals surface area contributed by atoms with Crippen LogP contribution in [-0.4, -0.2) is 40.5 Å². The highest BCUT2D eigenvalue weighted by Crippen LogP contribution is 2.24. The first-order valence-corrected chi connectivity index (χ1v) is 11.4. The van der Waals surface area contributed by atoms with Gasteiger partial charge in [0.1, 0.15) is 0 Å². The van der Waals surface area contributed by atoms with Crippen LogP contribution in [0.4, 0.5) is 0 Å². The fourth-order valence-corrected chi connectivity index (χ4v) is 4.70. The summed E-state index contributed by atoms with van der Waals surface area (Å²) in [6, 6.07) is 7.63. The Hall–Kier alpha value is -1.86. The third-order valence-electron chi connectivity index (χ3n) is 5.41. The molecule has 1 aliphatic carbocycles. The van der Waals surface area contributed by atoms with E-state index >= 15 is 0 Å². The first-order chi connectivity index (χ1) is 14.1. The van der Waals surface area contributed by atoms with Crippen LogP contribution in [0.1, 0.15) is 51.9 Å². The average molecular weight is 418 g/mol. The van der Waals surface area contributed by atoms with Crippen molar-refractivity contribution < 1.29 is 9.53 Å². The Morgan fingerprint density at radius 2 is 2.00 bits per heavy atom. The molecule has 1 aromatic heterocycles. The van der Waals surface area contributed by atoms with Gasteiger partial charge in [-0.3, -0.25) is 14.2 Å². The van der Waals surface area contributed by atoms with Gasteiger partial charge in [-0.25, -0.2) is 4.98 Å². The van der Waals surface area contributed by atoms with Crippen molar-refractivity contribution >= 4 is 28.6 Å². The minimum Gasteiger partial charge on any atom is -0.385 e. The van der Waals surface area contributed by atoms with Crippen LogP contribution in [0.5, 0.6) is 0 Å². The molecule has 3 rings (SSSR count). The molecule has 0 bridgehead atoms. The Morgan fingerprint density at radius 3 is 2.72 bits per heavy atom. The number of fused-ring (bicyclic) bond motifs is 1. The van der Waals surface area contributed by atoms with Crippen LogP contribution in [0.3, 0.4) is 0 Å². The summed E-state index contributed by atoms with van der Waals surface area (Å²) in [5.41, 5.74) is 0.602. The number of carbonyl (C=O) groups excluding carboxylic acids is 1. The van der Waals surface area contributed by atoms with Crippen molar-refractivity contribution in [3.05, 3.63) is 34.6 Å². The molecule has 1 saturated carbocycles. The second-order valence-electron chi connectivity index (χ2n) is 7.67. The summed E-state index contributed by atoms with van der Waals surface area (Å²) >= 11 is 1.36. The zero-order valence-corrected chi connectivity index (χ0v) is 18.2. The van der Waals surface area contributed by atoms with Crippen molar-refractivity contribution in [2.24, 2.45) is 0 Å². The van der Waals surface area contributed by atoms with Crippen LogP contribution < -0.4 is 10.9 Å². The largest absolute Gasteiger partial charge is 0.385 e. The summed E-state index contributed by atoms with van der Waals surface area (Å²) in [5.74, 6) is 0.0211. The summed E-state index contributed by atoms with van der Waals surface area (Å²) in [6.45, 7) is 2.97. The van der Waals surface area contributed by atoms with E-state index in [1.807, 2.05) is 25.1 Å². The number of nitrogens with zero attached hydrogens (tertiary/aromatic N) is 2. The maximum atomic E-state index is 13.0. The van der Waals surface area contributed by atoms with Crippen molar-refractivity contribution in [2.45, 2.75) is 74.9 Å². The van der Waals surface area contributed by atoms with Gasteiger partial charge in [0.05, 0.1) is 16.2 Å². The Kier molecular flexibility index (Phi) is 8.12. The number of amides is 1. The van der Waals surface area contributed by atoms with Gasteiger partial charge in [0.2, 0.25) is 5.91 Å². The zero-order valence-electron chi connectivity index (χ0n) is 17.4. The lowest BCUT2D eigenvalue weighted by atomic mass is 10.1. The number of para-hydroxylation sites is 1. The maximum absolute atomic E-state index is 13.0. The normalized spacial score (nSPS) is 16.5. The molecule has 1 unspecified atom stereocenters. The molecule has 0 aliphatic heterocycles. The molecule has 1 atom stereocenters. The monoisotopic (exact) mass is 417 g/mol. The van der Waals surface area contributed by atoms with E-state index in [1.165, 1.54) is 37.4 Å². The van der Waals surface area contributed by atoms with Crippen molar-refractivity contribution in [3.8, 4) is 0 Å². The van der Waals surface area contributed by atoms with Gasteiger partial charge in [-0.05, 0) is 38.3 Å². The van der Waals surface area contributed by atoms with Gasteiger partial charge in [0, 0.05) is 26.3 Å². The Morgan fingerprint density at radius 1 is 1.28 bits per heavy atom. The lowest BCUT2D eigenvalue weighted by Crippen LogP contribution is -2.39. The summed E-state index contributed by atoms with van der Waals surface area (Å²) in [7, 11) is 1.65. The molecule has 1 heterocycles. The molecule has 1 aliphatic rings. The minimum atomic E-state index is -0.319. The van der Waals surface area contributed by atoms with Crippen molar-refractivity contribution in [2.75, 3.05) is 13.7 Å². The van der Waals surface area contributed by atoms with Gasteiger partial charge in [0.25, 0.3) is 5.56 Å². The van der Waals surface area contributed by atoms with E-state index in [9.17, 15) is 9.59 Å². The van der Waals surface area contributed by atoms with Crippen LogP contribution in [0.15, 0.2) is 34.2 Å². The fraction of sp³-hybridized carbons (Fsp3) is 0.591. The molecule has 2 aromatic rings. The molecule has 6 nitrogen and oxygen atoms in total. The Bertz CT molecular complexity index is 875. The fourth-order valence-electron chi connectivity index (χ4n) is 3.76. The third-order valence-corrected chi connectivity index (χ3v) is 6.50. The quantitative estimate of drug-likeness (QED) is 0.306. The molecule has 0 saturated heterocycles. The van der Waals surface area contributed by atoms with E-state index in [2.05, 4.69) is 5.32 Å². The van der Waals surface area contributed by atoms with Crippen LogP contribution in [0, 0.1) is 0 Å². The Balaban J connectivity index is 1.78. The summed E-state index contributed by atoms with van der Waals surface area (Å²) in [6.07, 6.45) is 7.69. The number of hydrogen-bond donors (Lipinski definition) is 1. The van der Waals surface area contributed by atoms with Gasteiger partial charge in [-0.1, -0.05) is 49.6 Å². The van der Waals surface area contributed by atoms with Gasteiger partial charge in [-0.15, -0.1) is 0 Å². The van der Waals surface area contributed by atoms with E-state index in [0.29, 0.717) is 35.6 Å². The molecule has 0 radical (unpaired) electrons. The molecule has 1 amide bonds. The summed E-state index contributed by atoms with van der Waals surface area (Å²) in [5, 5.41) is 4.08. The molecular weight excluding hydrogens is 386 g/mol. The zero-order chi connectivity index (χ0) is 20.6. The third kappa shape index (κ3) is 5.82. The van der Waals surface area contributed by atoms with E-state index in [0.717, 1.165) is 12.8 Å². The van der Waals surface area contributed by atoms with Crippen LogP contribution in [0.25, 0.3) is 10.9 Å². The highest BCUT2D eigenvalue weighted by Gasteiger charge is 2.22. The van der Waals surface area contributed by atoms with Crippen LogP contribution >= 0.6 is 11.8 Å². The first kappa shape index (κ1) is 21.8. The lowest BCUT2D eigenvalue weighted by Gasteiger charge is -2.20. The van der Waals surface area contributed by atoms with Crippen molar-refractivity contribution in [1.29, 1.82) is 0 Å². The first-order valence-electron chi connectivity index (χ1n) is 10.6. The predicted octanol–water partition coefficient (Wildman–Crippen LogP) is 3.75. The number of hydrogen-bond acceptors (Lipinski definition) is 5. The van der Waals surface area contributed by atoms with Crippen LogP contribution in [0.2, 0.25) is 0 Å². The standard InChI is InChI=1S/C22H31N3O3S/c1-16(20(26)23-17-10-5-3-4-6-11-17)29-22-24-19-13-8-7-12-18(19)21(27)25(22)14-9-15-28-2/h7-8,12-13,16-17H,3-6,9-11,14-15H2,1-2H3,(H,23,26). The topological polar surface area (TPSA) is 73.2 Å². The van der Waals surface area contributed by atoms with Crippen LogP contribution in [-0.2, 0) is 16.1 Å². The molecule has 1 fully saturated rings. The highest BCUT2D eigenvalue weighted by molar-refractivity contribution is 8.00. The van der Waals surface area contributed by atoms with Gasteiger partial charge in [0.15, 0.2) is 5.16 Å². The smallest absolute Gasteiger partial charge is 0.262 e. The second-order valence-corrected chi connectivity index (χ2v) is 8.98. The van der Waals surface area contributed by atoms with E-state index in [4.69, 9.17) is 9.72 Å². The maximum Gasteiger partial charge on any atom is 0.262 e. The number of aromatic nitrogens is 2. The number of thioether (sulfide) groups is 1. The van der Waals surface area contributed by atoms with Gasteiger partial charge in [-0.2, -0.15) is 0 Å². The van der Waals surface area contributed by atoms with Gasteiger partial charge >= 0.3 is 0 Å². The lowest BCUT2D eigenvalue weighted by molar-refractivity contribution is -0.121.